The number of amides is 1. The molecule has 1 aromatic rings. The molecule has 4 nitrogen and oxygen atoms in total. The first-order valence-corrected chi connectivity index (χ1v) is 7.04. The van der Waals surface area contributed by atoms with Crippen molar-refractivity contribution in [2.75, 3.05) is 26.7 Å². The van der Waals surface area contributed by atoms with Gasteiger partial charge in [0, 0.05) is 38.4 Å². The standard InChI is InChI=1S/C15H23N3O/c1-3-15(8-10-16-12-15)14(19)18(2)11-7-13-6-4-5-9-17-13/h4-6,9,16H,3,7-8,10-12H2,1-2H3. The van der Waals surface area contributed by atoms with Gasteiger partial charge in [-0.15, -0.1) is 0 Å². The molecule has 1 aromatic heterocycles. The van der Waals surface area contributed by atoms with E-state index in [1.54, 1.807) is 6.20 Å². The predicted octanol–water partition coefficient (Wildman–Crippen LogP) is 1.47. The molecule has 0 bridgehead atoms. The van der Waals surface area contributed by atoms with Gasteiger partial charge in [-0.3, -0.25) is 9.78 Å². The lowest BCUT2D eigenvalue weighted by molar-refractivity contribution is -0.140. The van der Waals surface area contributed by atoms with Crippen LogP contribution in [0.3, 0.4) is 0 Å². The quantitative estimate of drug-likeness (QED) is 0.873. The monoisotopic (exact) mass is 261 g/mol. The zero-order chi connectivity index (χ0) is 13.7. The summed E-state index contributed by atoms with van der Waals surface area (Å²) in [7, 11) is 1.90. The highest BCUT2D eigenvalue weighted by Gasteiger charge is 2.40. The summed E-state index contributed by atoms with van der Waals surface area (Å²) < 4.78 is 0. The third-order valence-electron chi connectivity index (χ3n) is 4.15. The Labute approximate surface area is 115 Å². The number of nitrogens with zero attached hydrogens (tertiary/aromatic N) is 2. The maximum absolute atomic E-state index is 12.6. The minimum Gasteiger partial charge on any atom is -0.345 e. The molecule has 2 heterocycles. The molecule has 0 radical (unpaired) electrons. The largest absolute Gasteiger partial charge is 0.345 e. The van der Waals surface area contributed by atoms with Gasteiger partial charge in [0.2, 0.25) is 5.91 Å². The van der Waals surface area contributed by atoms with E-state index in [1.807, 2.05) is 30.1 Å². The topological polar surface area (TPSA) is 45.2 Å². The van der Waals surface area contributed by atoms with Crippen LogP contribution < -0.4 is 5.32 Å². The first kappa shape index (κ1) is 14.0. The maximum Gasteiger partial charge on any atom is 0.229 e. The summed E-state index contributed by atoms with van der Waals surface area (Å²) in [5.41, 5.74) is 0.857. The molecule has 0 saturated carbocycles. The predicted molar refractivity (Wildman–Crippen MR) is 75.8 cm³/mol. The number of hydrogen-bond donors (Lipinski definition) is 1. The maximum atomic E-state index is 12.6. The van der Waals surface area contributed by atoms with E-state index in [9.17, 15) is 4.79 Å². The Morgan fingerprint density at radius 1 is 1.53 bits per heavy atom. The van der Waals surface area contributed by atoms with Crippen molar-refractivity contribution < 1.29 is 4.79 Å². The number of carbonyl (C=O) groups excluding carboxylic acids is 1. The lowest BCUT2D eigenvalue weighted by Crippen LogP contribution is -2.44. The molecule has 1 N–H and O–H groups in total. The van der Waals surface area contributed by atoms with Gasteiger partial charge in [0.1, 0.15) is 0 Å². The van der Waals surface area contributed by atoms with Crippen molar-refractivity contribution in [3.8, 4) is 0 Å². The Bertz CT molecular complexity index is 413. The molecule has 1 amide bonds. The van der Waals surface area contributed by atoms with Crippen LogP contribution in [0.2, 0.25) is 0 Å². The number of rotatable bonds is 5. The van der Waals surface area contributed by atoms with Gasteiger partial charge in [0.05, 0.1) is 5.41 Å². The van der Waals surface area contributed by atoms with E-state index >= 15 is 0 Å². The van der Waals surface area contributed by atoms with Crippen molar-refractivity contribution in [3.63, 3.8) is 0 Å². The summed E-state index contributed by atoms with van der Waals surface area (Å²) in [4.78, 5) is 18.7. The Kier molecular flexibility index (Phi) is 4.53. The van der Waals surface area contributed by atoms with Crippen LogP contribution in [-0.2, 0) is 11.2 Å². The molecular weight excluding hydrogens is 238 g/mol. The summed E-state index contributed by atoms with van der Waals surface area (Å²) in [5, 5.41) is 3.31. The first-order valence-electron chi connectivity index (χ1n) is 7.04. The van der Waals surface area contributed by atoms with Gasteiger partial charge in [0.25, 0.3) is 0 Å². The zero-order valence-corrected chi connectivity index (χ0v) is 11.9. The van der Waals surface area contributed by atoms with Crippen LogP contribution in [0.25, 0.3) is 0 Å². The van der Waals surface area contributed by atoms with E-state index in [-0.39, 0.29) is 11.3 Å². The van der Waals surface area contributed by atoms with Crippen molar-refractivity contribution >= 4 is 5.91 Å². The smallest absolute Gasteiger partial charge is 0.229 e. The number of nitrogens with one attached hydrogen (secondary N) is 1. The first-order chi connectivity index (χ1) is 9.18. The normalized spacial score (nSPS) is 22.4. The Hall–Kier alpha value is -1.42. The lowest BCUT2D eigenvalue weighted by atomic mass is 9.83. The van der Waals surface area contributed by atoms with Crippen molar-refractivity contribution in [2.45, 2.75) is 26.2 Å². The molecule has 1 atom stereocenters. The van der Waals surface area contributed by atoms with Gasteiger partial charge in [-0.2, -0.15) is 0 Å². The highest BCUT2D eigenvalue weighted by Crippen LogP contribution is 2.31. The van der Waals surface area contributed by atoms with Crippen LogP contribution in [0.4, 0.5) is 0 Å². The molecule has 1 unspecified atom stereocenters. The van der Waals surface area contributed by atoms with E-state index in [0.717, 1.165) is 44.6 Å². The average Bonchev–Trinajstić information content (AvgIpc) is 2.95. The molecule has 1 aliphatic heterocycles. The summed E-state index contributed by atoms with van der Waals surface area (Å²) >= 11 is 0. The zero-order valence-electron chi connectivity index (χ0n) is 11.9. The summed E-state index contributed by atoms with van der Waals surface area (Å²) in [5.74, 6) is 0.274. The van der Waals surface area contributed by atoms with E-state index in [0.29, 0.717) is 0 Å². The fourth-order valence-electron chi connectivity index (χ4n) is 2.71. The molecule has 1 aliphatic rings. The molecule has 19 heavy (non-hydrogen) atoms. The molecular formula is C15H23N3O. The minimum atomic E-state index is -0.182. The van der Waals surface area contributed by atoms with Crippen LogP contribution in [-0.4, -0.2) is 42.5 Å². The highest BCUT2D eigenvalue weighted by molar-refractivity contribution is 5.83. The second kappa shape index (κ2) is 6.15. The van der Waals surface area contributed by atoms with Gasteiger partial charge in [0.15, 0.2) is 0 Å². The molecule has 1 fully saturated rings. The van der Waals surface area contributed by atoms with Crippen molar-refractivity contribution in [2.24, 2.45) is 5.41 Å². The molecule has 0 spiro atoms. The van der Waals surface area contributed by atoms with Crippen LogP contribution >= 0.6 is 0 Å². The minimum absolute atomic E-state index is 0.182. The van der Waals surface area contributed by atoms with Gasteiger partial charge in [-0.05, 0) is 31.5 Å². The fraction of sp³-hybridized carbons (Fsp3) is 0.600. The van der Waals surface area contributed by atoms with E-state index in [1.165, 1.54) is 0 Å². The van der Waals surface area contributed by atoms with Crippen LogP contribution in [0.5, 0.6) is 0 Å². The van der Waals surface area contributed by atoms with Gasteiger partial charge in [-0.25, -0.2) is 0 Å². The van der Waals surface area contributed by atoms with Crippen LogP contribution in [0, 0.1) is 5.41 Å². The van der Waals surface area contributed by atoms with Gasteiger partial charge >= 0.3 is 0 Å². The number of likely N-dealkylation sites (N-methyl/N-ethyl adjacent to an activating group) is 1. The number of hydrogen-bond acceptors (Lipinski definition) is 3. The average molecular weight is 261 g/mol. The van der Waals surface area contributed by atoms with E-state index in [4.69, 9.17) is 0 Å². The molecule has 104 valence electrons. The molecule has 1 saturated heterocycles. The van der Waals surface area contributed by atoms with Crippen LogP contribution in [0.15, 0.2) is 24.4 Å². The fourth-order valence-corrected chi connectivity index (χ4v) is 2.71. The summed E-state index contributed by atoms with van der Waals surface area (Å²) in [6.07, 6.45) is 4.48. The third kappa shape index (κ3) is 3.13. The van der Waals surface area contributed by atoms with Crippen molar-refractivity contribution in [1.82, 2.24) is 15.2 Å². The number of aromatic nitrogens is 1. The molecule has 0 aromatic carbocycles. The molecule has 2 rings (SSSR count). The summed E-state index contributed by atoms with van der Waals surface area (Å²) in [6.45, 7) is 4.61. The van der Waals surface area contributed by atoms with Crippen molar-refractivity contribution in [1.29, 1.82) is 0 Å². The van der Waals surface area contributed by atoms with Gasteiger partial charge < -0.3 is 10.2 Å². The molecule has 4 heteroatoms. The highest BCUT2D eigenvalue weighted by atomic mass is 16.2. The Morgan fingerprint density at radius 2 is 2.37 bits per heavy atom. The molecule has 0 aliphatic carbocycles. The van der Waals surface area contributed by atoms with E-state index in [2.05, 4.69) is 17.2 Å². The van der Waals surface area contributed by atoms with Crippen LogP contribution in [0.1, 0.15) is 25.5 Å². The number of pyridine rings is 1. The Balaban J connectivity index is 1.92. The lowest BCUT2D eigenvalue weighted by Gasteiger charge is -2.30. The Morgan fingerprint density at radius 3 is 2.95 bits per heavy atom. The van der Waals surface area contributed by atoms with E-state index < -0.39 is 0 Å². The second-order valence-corrected chi connectivity index (χ2v) is 5.36. The third-order valence-corrected chi connectivity index (χ3v) is 4.15. The SMILES string of the molecule is CCC1(C(=O)N(C)CCc2ccccn2)CCNC1. The van der Waals surface area contributed by atoms with Gasteiger partial charge in [-0.1, -0.05) is 13.0 Å². The number of carbonyl (C=O) groups is 1. The summed E-state index contributed by atoms with van der Waals surface area (Å²) in [6, 6.07) is 5.90. The van der Waals surface area contributed by atoms with Crippen molar-refractivity contribution in [3.05, 3.63) is 30.1 Å². The second-order valence-electron chi connectivity index (χ2n) is 5.36.